The van der Waals surface area contributed by atoms with Crippen LogP contribution >= 0.6 is 0 Å². The summed E-state index contributed by atoms with van der Waals surface area (Å²) in [6, 6.07) is -0.442. The zero-order valence-corrected chi connectivity index (χ0v) is 8.20. The SMILES string of the molecule is CCNC(=O)N(CC(=O)O)C(C)C. The average molecular weight is 188 g/mol. The standard InChI is InChI=1S/C8H16N2O3/c1-4-9-8(13)10(6(2)3)5-7(11)12/h6H,4-5H2,1-3H3,(H,9,13)(H,11,12). The summed E-state index contributed by atoms with van der Waals surface area (Å²) in [4.78, 5) is 22.9. The number of hydrogen-bond donors (Lipinski definition) is 2. The van der Waals surface area contributed by atoms with Gasteiger partial charge in [-0.15, -0.1) is 0 Å². The molecule has 0 aromatic heterocycles. The van der Waals surface area contributed by atoms with Gasteiger partial charge in [0.1, 0.15) is 6.54 Å². The molecule has 5 nitrogen and oxygen atoms in total. The second kappa shape index (κ2) is 5.40. The number of nitrogens with zero attached hydrogens (tertiary/aromatic N) is 1. The Kier molecular flexibility index (Phi) is 4.87. The molecule has 0 saturated heterocycles. The summed E-state index contributed by atoms with van der Waals surface area (Å²) >= 11 is 0. The van der Waals surface area contributed by atoms with Gasteiger partial charge in [-0.05, 0) is 20.8 Å². The zero-order valence-electron chi connectivity index (χ0n) is 8.20. The normalized spacial score (nSPS) is 9.85. The molecule has 0 aliphatic heterocycles. The molecule has 0 aliphatic rings. The first-order valence-electron chi connectivity index (χ1n) is 4.25. The molecule has 0 fully saturated rings. The van der Waals surface area contributed by atoms with Crippen LogP contribution in [0.25, 0.3) is 0 Å². The molecule has 0 aliphatic carbocycles. The van der Waals surface area contributed by atoms with Crippen LogP contribution in [0, 0.1) is 0 Å². The topological polar surface area (TPSA) is 69.6 Å². The van der Waals surface area contributed by atoms with E-state index in [2.05, 4.69) is 5.32 Å². The number of urea groups is 1. The van der Waals surface area contributed by atoms with E-state index in [1.54, 1.807) is 20.8 Å². The van der Waals surface area contributed by atoms with Crippen molar-refractivity contribution in [3.63, 3.8) is 0 Å². The van der Waals surface area contributed by atoms with Gasteiger partial charge in [0.25, 0.3) is 0 Å². The molecule has 0 heterocycles. The monoisotopic (exact) mass is 188 g/mol. The van der Waals surface area contributed by atoms with Gasteiger partial charge in [-0.1, -0.05) is 0 Å². The van der Waals surface area contributed by atoms with E-state index in [4.69, 9.17) is 5.11 Å². The number of nitrogens with one attached hydrogen (secondary N) is 1. The summed E-state index contributed by atoms with van der Waals surface area (Å²) in [7, 11) is 0. The minimum atomic E-state index is -1.00. The highest BCUT2D eigenvalue weighted by Crippen LogP contribution is 1.97. The van der Waals surface area contributed by atoms with Crippen molar-refractivity contribution in [1.29, 1.82) is 0 Å². The van der Waals surface area contributed by atoms with Crippen LogP contribution in [-0.4, -0.2) is 41.1 Å². The highest BCUT2D eigenvalue weighted by Gasteiger charge is 2.18. The van der Waals surface area contributed by atoms with Gasteiger partial charge in [0, 0.05) is 12.6 Å². The van der Waals surface area contributed by atoms with E-state index >= 15 is 0 Å². The van der Waals surface area contributed by atoms with Crippen molar-refractivity contribution in [2.45, 2.75) is 26.8 Å². The maximum Gasteiger partial charge on any atom is 0.323 e. The highest BCUT2D eigenvalue weighted by atomic mass is 16.4. The second-order valence-corrected chi connectivity index (χ2v) is 2.95. The molecule has 2 amide bonds. The molecule has 0 saturated carbocycles. The quantitative estimate of drug-likeness (QED) is 0.675. The summed E-state index contributed by atoms with van der Waals surface area (Å²) < 4.78 is 0. The predicted octanol–water partition coefficient (Wildman–Crippen LogP) is 0.511. The molecule has 0 atom stereocenters. The number of aliphatic carboxylic acids is 1. The first-order valence-corrected chi connectivity index (χ1v) is 4.25. The zero-order chi connectivity index (χ0) is 10.4. The van der Waals surface area contributed by atoms with Crippen molar-refractivity contribution in [1.82, 2.24) is 10.2 Å². The van der Waals surface area contributed by atoms with Crippen molar-refractivity contribution in [2.75, 3.05) is 13.1 Å². The molecule has 0 rings (SSSR count). The molecule has 76 valence electrons. The molecule has 13 heavy (non-hydrogen) atoms. The van der Waals surface area contributed by atoms with Gasteiger partial charge in [0.05, 0.1) is 0 Å². The van der Waals surface area contributed by atoms with Gasteiger partial charge in [0.15, 0.2) is 0 Å². The van der Waals surface area contributed by atoms with Crippen molar-refractivity contribution in [3.05, 3.63) is 0 Å². The van der Waals surface area contributed by atoms with Crippen LogP contribution in [0.1, 0.15) is 20.8 Å². The average Bonchev–Trinajstić information content (AvgIpc) is 1.99. The summed E-state index contributed by atoms with van der Waals surface area (Å²) in [6.07, 6.45) is 0. The van der Waals surface area contributed by atoms with Crippen LogP contribution in [0.4, 0.5) is 4.79 Å². The van der Waals surface area contributed by atoms with Crippen LogP contribution in [0.15, 0.2) is 0 Å². The smallest absolute Gasteiger partial charge is 0.323 e. The van der Waals surface area contributed by atoms with Gasteiger partial charge in [0.2, 0.25) is 0 Å². The van der Waals surface area contributed by atoms with Gasteiger partial charge in [-0.2, -0.15) is 0 Å². The maximum atomic E-state index is 11.3. The van der Waals surface area contributed by atoms with Crippen molar-refractivity contribution < 1.29 is 14.7 Å². The van der Waals surface area contributed by atoms with Crippen LogP contribution in [0.3, 0.4) is 0 Å². The number of carbonyl (C=O) groups is 2. The van der Waals surface area contributed by atoms with Gasteiger partial charge >= 0.3 is 12.0 Å². The lowest BCUT2D eigenvalue weighted by Crippen LogP contribution is -2.46. The third-order valence-electron chi connectivity index (χ3n) is 1.52. The van der Waals surface area contributed by atoms with Gasteiger partial charge in [-0.3, -0.25) is 4.79 Å². The van der Waals surface area contributed by atoms with E-state index in [1.807, 2.05) is 0 Å². The van der Waals surface area contributed by atoms with Gasteiger partial charge in [-0.25, -0.2) is 4.79 Å². The van der Waals surface area contributed by atoms with Gasteiger partial charge < -0.3 is 15.3 Å². The number of amides is 2. The number of rotatable bonds is 4. The Morgan fingerprint density at radius 1 is 1.46 bits per heavy atom. The van der Waals surface area contributed by atoms with E-state index < -0.39 is 5.97 Å². The second-order valence-electron chi connectivity index (χ2n) is 2.95. The van der Waals surface area contributed by atoms with Crippen molar-refractivity contribution in [2.24, 2.45) is 0 Å². The van der Waals surface area contributed by atoms with Crippen LogP contribution in [0.5, 0.6) is 0 Å². The lowest BCUT2D eigenvalue weighted by Gasteiger charge is -2.24. The Balaban J connectivity index is 4.24. The molecular weight excluding hydrogens is 172 g/mol. The highest BCUT2D eigenvalue weighted by molar-refractivity contribution is 5.80. The van der Waals surface area contributed by atoms with Crippen molar-refractivity contribution in [3.8, 4) is 0 Å². The van der Waals surface area contributed by atoms with E-state index in [1.165, 1.54) is 4.90 Å². The first-order chi connectivity index (χ1) is 5.99. The summed E-state index contributed by atoms with van der Waals surface area (Å²) in [5.74, 6) is -1.00. The minimum Gasteiger partial charge on any atom is -0.480 e. The van der Waals surface area contributed by atoms with Crippen LogP contribution in [0.2, 0.25) is 0 Å². The molecule has 0 aromatic carbocycles. The summed E-state index contributed by atoms with van der Waals surface area (Å²) in [5, 5.41) is 11.1. The van der Waals surface area contributed by atoms with E-state index in [0.29, 0.717) is 6.54 Å². The van der Waals surface area contributed by atoms with Crippen LogP contribution in [-0.2, 0) is 4.79 Å². The van der Waals surface area contributed by atoms with E-state index in [0.717, 1.165) is 0 Å². The molecule has 2 N–H and O–H groups in total. The molecule has 0 aromatic rings. The van der Waals surface area contributed by atoms with Crippen LogP contribution < -0.4 is 5.32 Å². The maximum absolute atomic E-state index is 11.3. The predicted molar refractivity (Wildman–Crippen MR) is 48.6 cm³/mol. The largest absolute Gasteiger partial charge is 0.480 e. The number of carboxylic acid groups (broad SMARTS) is 1. The van der Waals surface area contributed by atoms with E-state index in [-0.39, 0.29) is 18.6 Å². The molecule has 0 spiro atoms. The molecule has 0 radical (unpaired) electrons. The Morgan fingerprint density at radius 2 is 2.00 bits per heavy atom. The third kappa shape index (κ3) is 4.35. The third-order valence-corrected chi connectivity index (χ3v) is 1.52. The molecule has 5 heteroatoms. The summed E-state index contributed by atoms with van der Waals surface area (Å²) in [6.45, 7) is 5.58. The molecule has 0 bridgehead atoms. The fraction of sp³-hybridized carbons (Fsp3) is 0.750. The Hall–Kier alpha value is -1.26. The Morgan fingerprint density at radius 3 is 2.31 bits per heavy atom. The Labute approximate surface area is 77.7 Å². The van der Waals surface area contributed by atoms with E-state index in [9.17, 15) is 9.59 Å². The number of carbonyl (C=O) groups excluding carboxylic acids is 1. The molecular formula is C8H16N2O3. The first kappa shape index (κ1) is 11.7. The number of hydrogen-bond acceptors (Lipinski definition) is 2. The lowest BCUT2D eigenvalue weighted by atomic mass is 10.3. The fourth-order valence-electron chi connectivity index (χ4n) is 0.887. The Bertz CT molecular complexity index is 192. The lowest BCUT2D eigenvalue weighted by molar-refractivity contribution is -0.138. The molecule has 0 unspecified atom stereocenters. The number of carboxylic acids is 1. The van der Waals surface area contributed by atoms with Crippen molar-refractivity contribution >= 4 is 12.0 Å². The fourth-order valence-corrected chi connectivity index (χ4v) is 0.887. The minimum absolute atomic E-state index is 0.109. The summed E-state index contributed by atoms with van der Waals surface area (Å²) in [5.41, 5.74) is 0.